The minimum Gasteiger partial charge on any atom is -0.478 e. The van der Waals surface area contributed by atoms with Crippen molar-refractivity contribution in [2.24, 2.45) is 0 Å². The fraction of sp³-hybridized carbons (Fsp3) is 0.185. The third kappa shape index (κ3) is 7.26. The molecule has 0 saturated heterocycles. The van der Waals surface area contributed by atoms with Gasteiger partial charge >= 0.3 is 12.1 Å². The zero-order valence-corrected chi connectivity index (χ0v) is 21.2. The fourth-order valence-electron chi connectivity index (χ4n) is 3.70. The summed E-state index contributed by atoms with van der Waals surface area (Å²) >= 11 is 9.20. The quantitative estimate of drug-likeness (QED) is 0.275. The predicted molar refractivity (Wildman–Crippen MR) is 139 cm³/mol. The van der Waals surface area contributed by atoms with Crippen LogP contribution in [-0.2, 0) is 12.6 Å². The molecule has 0 aromatic heterocycles. The van der Waals surface area contributed by atoms with Gasteiger partial charge in [-0.15, -0.1) is 0 Å². The highest BCUT2D eigenvalue weighted by Crippen LogP contribution is 2.31. The summed E-state index contributed by atoms with van der Waals surface area (Å²) in [5.74, 6) is -1.31. The van der Waals surface area contributed by atoms with E-state index in [4.69, 9.17) is 12.2 Å². The lowest BCUT2D eigenvalue weighted by atomic mass is 9.91. The third-order valence-corrected chi connectivity index (χ3v) is 6.41. The molecular formula is C27H23BrF3NO2S. The lowest BCUT2D eigenvalue weighted by molar-refractivity contribution is -0.137. The molecule has 3 nitrogen and oxygen atoms in total. The molecule has 0 aliphatic heterocycles. The number of hydrogen-bond donors (Lipinski definition) is 2. The van der Waals surface area contributed by atoms with Crippen LogP contribution in [0.2, 0.25) is 0 Å². The molecule has 182 valence electrons. The van der Waals surface area contributed by atoms with E-state index in [0.717, 1.165) is 27.7 Å². The molecule has 2 N–H and O–H groups in total. The number of nitrogens with one attached hydrogen (secondary N) is 1. The first kappa shape index (κ1) is 26.6. The monoisotopic (exact) mass is 561 g/mol. The maximum Gasteiger partial charge on any atom is 0.416 e. The summed E-state index contributed by atoms with van der Waals surface area (Å²) in [6.45, 7) is 1.73. The number of allylic oxidation sites excluding steroid dienone is 1. The average molecular weight is 562 g/mol. The molecule has 0 fully saturated rings. The fourth-order valence-corrected chi connectivity index (χ4v) is 4.52. The minimum absolute atomic E-state index is 0.163. The van der Waals surface area contributed by atoms with Gasteiger partial charge < -0.3 is 10.4 Å². The van der Waals surface area contributed by atoms with Gasteiger partial charge in [-0.2, -0.15) is 13.2 Å². The van der Waals surface area contributed by atoms with Gasteiger partial charge in [-0.1, -0.05) is 70.6 Å². The molecule has 3 aromatic carbocycles. The summed E-state index contributed by atoms with van der Waals surface area (Å²) in [6, 6.07) is 19.5. The molecule has 0 spiro atoms. The molecular weight excluding hydrogens is 539 g/mol. The van der Waals surface area contributed by atoms with Crippen molar-refractivity contribution in [2.45, 2.75) is 31.9 Å². The standard InChI is InChI=1S/C27H23BrF3NO2S/c1-2-24(20-6-4-7-21(16-20)27(29,30)31)32-25(35)23(14-9-17-5-3-8-22(28)15-17)18-10-12-19(13-11-18)26(33)34/h2-8,10-13,15-16,23H,9,14H2,1H3,(H,32,35)(H,33,34)/b24-2-. The smallest absolute Gasteiger partial charge is 0.416 e. The third-order valence-electron chi connectivity index (χ3n) is 5.53. The van der Waals surface area contributed by atoms with Crippen molar-refractivity contribution in [3.8, 4) is 0 Å². The summed E-state index contributed by atoms with van der Waals surface area (Å²) in [6.07, 6.45) is -1.45. The van der Waals surface area contributed by atoms with Crippen molar-refractivity contribution >= 4 is 44.8 Å². The van der Waals surface area contributed by atoms with E-state index in [1.807, 2.05) is 24.3 Å². The van der Waals surface area contributed by atoms with Crippen molar-refractivity contribution in [3.05, 3.63) is 111 Å². The number of rotatable bonds is 8. The van der Waals surface area contributed by atoms with Gasteiger partial charge in [0.2, 0.25) is 0 Å². The molecule has 0 aliphatic rings. The summed E-state index contributed by atoms with van der Waals surface area (Å²) in [7, 11) is 0. The number of benzene rings is 3. The Morgan fingerprint density at radius 3 is 2.34 bits per heavy atom. The number of halogens is 4. The highest BCUT2D eigenvalue weighted by Gasteiger charge is 2.30. The molecule has 0 amide bonds. The van der Waals surface area contributed by atoms with Crippen LogP contribution in [0.5, 0.6) is 0 Å². The zero-order chi connectivity index (χ0) is 25.6. The van der Waals surface area contributed by atoms with Gasteiger partial charge in [-0.05, 0) is 72.9 Å². The van der Waals surface area contributed by atoms with Crippen LogP contribution in [0.15, 0.2) is 83.3 Å². The van der Waals surface area contributed by atoms with Crippen LogP contribution >= 0.6 is 28.1 Å². The first-order valence-electron chi connectivity index (χ1n) is 10.8. The van der Waals surface area contributed by atoms with E-state index in [-0.39, 0.29) is 11.5 Å². The van der Waals surface area contributed by atoms with Crippen LogP contribution in [-0.4, -0.2) is 16.1 Å². The Balaban J connectivity index is 1.88. The highest BCUT2D eigenvalue weighted by molar-refractivity contribution is 9.10. The largest absolute Gasteiger partial charge is 0.478 e. The molecule has 0 heterocycles. The van der Waals surface area contributed by atoms with Crippen LogP contribution in [0.25, 0.3) is 5.70 Å². The van der Waals surface area contributed by atoms with E-state index < -0.39 is 17.7 Å². The molecule has 0 radical (unpaired) electrons. The topological polar surface area (TPSA) is 49.3 Å². The number of hydrogen-bond acceptors (Lipinski definition) is 2. The molecule has 3 rings (SSSR count). The summed E-state index contributed by atoms with van der Waals surface area (Å²) in [5.41, 5.74) is 2.18. The Labute approximate surface area is 215 Å². The Kier molecular flexibility index (Phi) is 8.86. The number of carboxylic acid groups (broad SMARTS) is 1. The normalized spacial score (nSPS) is 12.8. The van der Waals surface area contributed by atoms with Crippen LogP contribution in [0.3, 0.4) is 0 Å². The van der Waals surface area contributed by atoms with E-state index in [1.54, 1.807) is 31.2 Å². The van der Waals surface area contributed by atoms with Gasteiger partial charge in [0, 0.05) is 16.1 Å². The van der Waals surface area contributed by atoms with Gasteiger partial charge in [0.15, 0.2) is 0 Å². The van der Waals surface area contributed by atoms with Gasteiger partial charge in [0.1, 0.15) is 0 Å². The zero-order valence-electron chi connectivity index (χ0n) is 18.8. The number of carboxylic acids is 1. The van der Waals surface area contributed by atoms with Crippen molar-refractivity contribution in [3.63, 3.8) is 0 Å². The lowest BCUT2D eigenvalue weighted by Gasteiger charge is -2.22. The Bertz CT molecular complexity index is 1240. The van der Waals surface area contributed by atoms with E-state index in [0.29, 0.717) is 29.1 Å². The van der Waals surface area contributed by atoms with E-state index in [9.17, 15) is 23.1 Å². The predicted octanol–water partition coefficient (Wildman–Crippen LogP) is 7.86. The summed E-state index contributed by atoms with van der Waals surface area (Å²) < 4.78 is 40.6. The van der Waals surface area contributed by atoms with E-state index >= 15 is 0 Å². The molecule has 0 saturated carbocycles. The maximum atomic E-state index is 13.2. The Hall–Kier alpha value is -2.97. The second-order valence-electron chi connectivity index (χ2n) is 7.92. The number of aryl methyl sites for hydroxylation is 1. The number of aromatic carboxylic acids is 1. The SMILES string of the molecule is C/C=C(\NC(=S)C(CCc1cccc(Br)c1)c1ccc(C(=O)O)cc1)c1cccc(C(F)(F)F)c1. The van der Waals surface area contributed by atoms with E-state index in [2.05, 4.69) is 21.2 Å². The van der Waals surface area contributed by atoms with Gasteiger partial charge in [-0.25, -0.2) is 4.79 Å². The van der Waals surface area contributed by atoms with Crippen LogP contribution in [0, 0.1) is 0 Å². The van der Waals surface area contributed by atoms with Gasteiger partial charge in [-0.3, -0.25) is 0 Å². The van der Waals surface area contributed by atoms with Gasteiger partial charge in [0.05, 0.1) is 16.1 Å². The van der Waals surface area contributed by atoms with Crippen LogP contribution in [0.4, 0.5) is 13.2 Å². The van der Waals surface area contributed by atoms with Crippen molar-refractivity contribution in [1.29, 1.82) is 0 Å². The molecule has 0 aliphatic carbocycles. The molecule has 3 aromatic rings. The Morgan fingerprint density at radius 1 is 1.06 bits per heavy atom. The average Bonchev–Trinajstić information content (AvgIpc) is 2.82. The summed E-state index contributed by atoms with van der Waals surface area (Å²) in [4.78, 5) is 11.7. The number of alkyl halides is 3. The van der Waals surface area contributed by atoms with Crippen molar-refractivity contribution < 1.29 is 23.1 Å². The van der Waals surface area contributed by atoms with E-state index in [1.165, 1.54) is 18.2 Å². The number of thiocarbonyl (C=S) groups is 1. The molecule has 1 unspecified atom stereocenters. The molecule has 0 bridgehead atoms. The first-order chi connectivity index (χ1) is 16.6. The van der Waals surface area contributed by atoms with Crippen molar-refractivity contribution in [1.82, 2.24) is 5.32 Å². The van der Waals surface area contributed by atoms with Gasteiger partial charge in [0.25, 0.3) is 0 Å². The first-order valence-corrected chi connectivity index (χ1v) is 12.0. The highest BCUT2D eigenvalue weighted by atomic mass is 79.9. The van der Waals surface area contributed by atoms with Crippen molar-refractivity contribution in [2.75, 3.05) is 0 Å². The van der Waals surface area contributed by atoms with Crippen LogP contribution < -0.4 is 5.32 Å². The minimum atomic E-state index is -4.45. The lowest BCUT2D eigenvalue weighted by Crippen LogP contribution is -2.27. The Morgan fingerprint density at radius 2 is 1.74 bits per heavy atom. The van der Waals surface area contributed by atoms with Crippen LogP contribution in [0.1, 0.15) is 51.9 Å². The maximum absolute atomic E-state index is 13.2. The molecule has 1 atom stereocenters. The molecule has 8 heteroatoms. The second kappa shape index (κ2) is 11.6. The second-order valence-corrected chi connectivity index (χ2v) is 9.27. The summed E-state index contributed by atoms with van der Waals surface area (Å²) in [5, 5.41) is 12.4. The number of carbonyl (C=O) groups is 1. The molecule has 35 heavy (non-hydrogen) atoms.